The summed E-state index contributed by atoms with van der Waals surface area (Å²) in [6, 6.07) is 17.0. The number of hydrogen-bond donors (Lipinski definition) is 2. The number of methoxy groups -OCH3 is 1. The Bertz CT molecular complexity index is 536. The zero-order valence-corrected chi connectivity index (χ0v) is 10.7. The maximum absolute atomic E-state index is 9.35. The lowest BCUT2D eigenvalue weighted by Gasteiger charge is -2.06. The monoisotopic (exact) mass is 256 g/mol. The van der Waals surface area contributed by atoms with E-state index >= 15 is 0 Å². The molecule has 4 heteroatoms. The molecule has 0 spiro atoms. The molecule has 0 saturated heterocycles. The molecule has 0 atom stereocenters. The second-order valence-electron chi connectivity index (χ2n) is 3.92. The molecule has 2 rings (SSSR count). The lowest BCUT2D eigenvalue weighted by atomic mass is 10.1. The molecule has 0 heterocycles. The third-order valence-corrected chi connectivity index (χ3v) is 2.67. The topological polar surface area (TPSA) is 53.8 Å². The van der Waals surface area contributed by atoms with E-state index in [4.69, 9.17) is 4.74 Å². The van der Waals surface area contributed by atoms with Crippen LogP contribution in [0.5, 0.6) is 5.75 Å². The maximum atomic E-state index is 9.35. The van der Waals surface area contributed by atoms with Crippen LogP contribution in [0.3, 0.4) is 0 Å². The molecular formula is C15H16N2O2. The van der Waals surface area contributed by atoms with Gasteiger partial charge in [0.1, 0.15) is 5.75 Å². The van der Waals surface area contributed by atoms with Crippen molar-refractivity contribution in [3.05, 3.63) is 60.2 Å². The summed E-state index contributed by atoms with van der Waals surface area (Å²) in [4.78, 5) is 0. The molecule has 0 amide bonds. The van der Waals surface area contributed by atoms with Crippen LogP contribution >= 0.6 is 0 Å². The fourth-order valence-electron chi connectivity index (χ4n) is 1.62. The van der Waals surface area contributed by atoms with Crippen LogP contribution in [-0.4, -0.2) is 24.5 Å². The Morgan fingerprint density at radius 2 is 1.79 bits per heavy atom. The van der Waals surface area contributed by atoms with Crippen LogP contribution in [-0.2, 0) is 0 Å². The van der Waals surface area contributed by atoms with Crippen LogP contribution < -0.4 is 10.2 Å². The number of ether oxygens (including phenoxy) is 1. The van der Waals surface area contributed by atoms with Gasteiger partial charge in [-0.15, -0.1) is 0 Å². The molecule has 0 bridgehead atoms. The van der Waals surface area contributed by atoms with Gasteiger partial charge in [0.2, 0.25) is 0 Å². The van der Waals surface area contributed by atoms with Gasteiger partial charge in [0.25, 0.3) is 0 Å². The first-order chi connectivity index (χ1) is 9.33. The summed E-state index contributed by atoms with van der Waals surface area (Å²) in [6.07, 6.45) is 0. The van der Waals surface area contributed by atoms with Crippen molar-refractivity contribution in [3.8, 4) is 5.75 Å². The van der Waals surface area contributed by atoms with Crippen molar-refractivity contribution >= 4 is 11.4 Å². The number of nitrogens with one attached hydrogen (secondary N) is 1. The van der Waals surface area contributed by atoms with E-state index in [2.05, 4.69) is 10.5 Å². The highest BCUT2D eigenvalue weighted by atomic mass is 16.5. The molecule has 19 heavy (non-hydrogen) atoms. The van der Waals surface area contributed by atoms with Gasteiger partial charge in [-0.25, -0.2) is 0 Å². The van der Waals surface area contributed by atoms with E-state index < -0.39 is 0 Å². The third kappa shape index (κ3) is 3.56. The van der Waals surface area contributed by atoms with Gasteiger partial charge in [-0.1, -0.05) is 30.3 Å². The zero-order valence-electron chi connectivity index (χ0n) is 10.7. The van der Waals surface area contributed by atoms with Crippen molar-refractivity contribution in [2.75, 3.05) is 19.1 Å². The van der Waals surface area contributed by atoms with Crippen LogP contribution in [0.25, 0.3) is 0 Å². The van der Waals surface area contributed by atoms with Crippen molar-refractivity contribution in [2.45, 2.75) is 0 Å². The van der Waals surface area contributed by atoms with Crippen molar-refractivity contribution in [1.29, 1.82) is 0 Å². The van der Waals surface area contributed by atoms with Crippen LogP contribution in [0.1, 0.15) is 5.56 Å². The minimum Gasteiger partial charge on any atom is -0.497 e. The van der Waals surface area contributed by atoms with E-state index in [9.17, 15) is 5.11 Å². The van der Waals surface area contributed by atoms with Crippen molar-refractivity contribution < 1.29 is 9.84 Å². The molecular weight excluding hydrogens is 240 g/mol. The number of benzene rings is 2. The minimum absolute atomic E-state index is 0.118. The van der Waals surface area contributed by atoms with Crippen molar-refractivity contribution in [3.63, 3.8) is 0 Å². The molecule has 0 aromatic heterocycles. The highest BCUT2D eigenvalue weighted by Crippen LogP contribution is 2.15. The van der Waals surface area contributed by atoms with Crippen molar-refractivity contribution in [2.24, 2.45) is 5.10 Å². The lowest BCUT2D eigenvalue weighted by molar-refractivity contribution is 0.357. The Morgan fingerprint density at radius 3 is 2.37 bits per heavy atom. The van der Waals surface area contributed by atoms with Gasteiger partial charge in [-0.2, -0.15) is 5.10 Å². The molecule has 0 radical (unpaired) electrons. The molecule has 98 valence electrons. The molecule has 0 saturated carbocycles. The van der Waals surface area contributed by atoms with Crippen LogP contribution in [0.4, 0.5) is 5.69 Å². The Kier molecular flexibility index (Phi) is 4.53. The molecule has 0 unspecified atom stereocenters. The summed E-state index contributed by atoms with van der Waals surface area (Å²) in [6.45, 7) is -0.118. The van der Waals surface area contributed by atoms with Gasteiger partial charge >= 0.3 is 0 Å². The molecule has 0 fully saturated rings. The average Bonchev–Trinajstić information content (AvgIpc) is 2.49. The fourth-order valence-corrected chi connectivity index (χ4v) is 1.62. The second-order valence-corrected chi connectivity index (χ2v) is 3.92. The number of hydrazone groups is 1. The normalized spacial score (nSPS) is 11.2. The summed E-state index contributed by atoms with van der Waals surface area (Å²) in [7, 11) is 1.62. The number of aliphatic hydroxyl groups is 1. The first kappa shape index (κ1) is 13.1. The van der Waals surface area contributed by atoms with E-state index in [1.165, 1.54) is 0 Å². The van der Waals surface area contributed by atoms with E-state index in [0.29, 0.717) is 5.71 Å². The molecule has 0 aliphatic rings. The standard InChI is InChI=1S/C15H16N2O2/c1-19-14-9-7-13(8-10-14)16-17-15(11-18)12-5-3-2-4-6-12/h2-10,16,18H,11H2,1H3. The molecule has 4 nitrogen and oxygen atoms in total. The summed E-state index contributed by atoms with van der Waals surface area (Å²) in [5.41, 5.74) is 5.24. The van der Waals surface area contributed by atoms with Crippen molar-refractivity contribution in [1.82, 2.24) is 0 Å². The minimum atomic E-state index is -0.118. The smallest absolute Gasteiger partial charge is 0.119 e. The number of rotatable bonds is 5. The first-order valence-corrected chi connectivity index (χ1v) is 5.96. The van der Waals surface area contributed by atoms with Gasteiger partial charge in [-0.3, -0.25) is 5.43 Å². The summed E-state index contributed by atoms with van der Waals surface area (Å²) < 4.78 is 5.08. The van der Waals surface area contributed by atoms with Crippen LogP contribution in [0.15, 0.2) is 59.7 Å². The van der Waals surface area contributed by atoms with Gasteiger partial charge < -0.3 is 9.84 Å². The predicted molar refractivity (Wildman–Crippen MR) is 76.7 cm³/mol. The Labute approximate surface area is 112 Å². The predicted octanol–water partition coefficient (Wildman–Crippen LogP) is 2.50. The zero-order chi connectivity index (χ0) is 13.5. The Morgan fingerprint density at radius 1 is 1.11 bits per heavy atom. The van der Waals surface area contributed by atoms with Crippen LogP contribution in [0, 0.1) is 0 Å². The van der Waals surface area contributed by atoms with Gasteiger partial charge in [0.05, 0.1) is 25.1 Å². The lowest BCUT2D eigenvalue weighted by Crippen LogP contribution is -2.09. The quantitative estimate of drug-likeness (QED) is 0.638. The average molecular weight is 256 g/mol. The third-order valence-electron chi connectivity index (χ3n) is 2.67. The fraction of sp³-hybridized carbons (Fsp3) is 0.133. The Balaban J connectivity index is 2.11. The second kappa shape index (κ2) is 6.56. The molecule has 0 aliphatic carbocycles. The van der Waals surface area contributed by atoms with E-state index in [-0.39, 0.29) is 6.61 Å². The Hall–Kier alpha value is -2.33. The number of aliphatic hydroxyl groups excluding tert-OH is 1. The largest absolute Gasteiger partial charge is 0.497 e. The maximum Gasteiger partial charge on any atom is 0.119 e. The van der Waals surface area contributed by atoms with E-state index in [1.807, 2.05) is 54.6 Å². The number of hydrogen-bond acceptors (Lipinski definition) is 4. The molecule has 0 aliphatic heterocycles. The van der Waals surface area contributed by atoms with E-state index in [1.54, 1.807) is 7.11 Å². The van der Waals surface area contributed by atoms with Gasteiger partial charge in [0, 0.05) is 5.56 Å². The number of anilines is 1. The van der Waals surface area contributed by atoms with Gasteiger partial charge in [0.15, 0.2) is 0 Å². The van der Waals surface area contributed by atoms with Crippen LogP contribution in [0.2, 0.25) is 0 Å². The highest BCUT2D eigenvalue weighted by molar-refractivity contribution is 6.01. The van der Waals surface area contributed by atoms with E-state index in [0.717, 1.165) is 17.0 Å². The molecule has 2 aromatic rings. The summed E-state index contributed by atoms with van der Waals surface area (Å²) >= 11 is 0. The number of nitrogens with zero attached hydrogens (tertiary/aromatic N) is 1. The van der Waals surface area contributed by atoms with Gasteiger partial charge in [-0.05, 0) is 24.3 Å². The summed E-state index contributed by atoms with van der Waals surface area (Å²) in [5.74, 6) is 0.792. The first-order valence-electron chi connectivity index (χ1n) is 5.96. The SMILES string of the molecule is COc1ccc(NN=C(CO)c2ccccc2)cc1. The molecule has 2 aromatic carbocycles. The molecule has 2 N–H and O–H groups in total. The summed E-state index contributed by atoms with van der Waals surface area (Å²) in [5, 5.41) is 13.6. The highest BCUT2D eigenvalue weighted by Gasteiger charge is 2.01.